The Balaban J connectivity index is 2.21. The molecule has 0 aromatic heterocycles. The molecule has 0 atom stereocenters. The maximum Gasteiger partial charge on any atom is 0.202 e. The summed E-state index contributed by atoms with van der Waals surface area (Å²) < 4.78 is 39.6. The van der Waals surface area contributed by atoms with E-state index in [2.05, 4.69) is 33.8 Å². The number of hydrogen-bond acceptors (Lipinski definition) is 8. The highest BCUT2D eigenvalue weighted by Crippen LogP contribution is 2.36. The zero-order valence-electron chi connectivity index (χ0n) is 27.1. The number of aryl methyl sites for hydroxylation is 1. The zero-order valence-corrected chi connectivity index (χ0v) is 27.9. The van der Waals surface area contributed by atoms with Crippen LogP contribution < -0.4 is 4.90 Å². The van der Waals surface area contributed by atoms with Crippen LogP contribution >= 0.6 is 0 Å². The number of benzene rings is 2. The predicted molar refractivity (Wildman–Crippen MR) is 181 cm³/mol. The summed E-state index contributed by atoms with van der Waals surface area (Å²) in [6, 6.07) is 20.9. The number of nitriles is 4. The Morgan fingerprint density at radius 2 is 1.38 bits per heavy atom. The molecule has 9 nitrogen and oxygen atoms in total. The smallest absolute Gasteiger partial charge is 0.202 e. The standard InChI is InChI=1S/C37H40N6O3S/c1-29-27-31(15-17-34(29)42(23-9-5-19-38)24-10-6-20-39)37(33-13-3-4-14-36(33)47(44,45)46)32-16-18-35(30(2)28-32)43(25-11-7-21-40)26-12-8-22-41/h3-4,13-18,27-28H,5-12,23-26H2,1-2H3. The molecule has 0 aliphatic heterocycles. The average molecular weight is 649 g/mol. The van der Waals surface area contributed by atoms with Gasteiger partial charge in [0.25, 0.3) is 0 Å². The summed E-state index contributed by atoms with van der Waals surface area (Å²) in [5.74, 6) is 0. The Kier molecular flexibility index (Phi) is 14.1. The van der Waals surface area contributed by atoms with Crippen molar-refractivity contribution in [2.24, 2.45) is 0 Å². The third-order valence-electron chi connectivity index (χ3n) is 7.94. The van der Waals surface area contributed by atoms with Crippen LogP contribution in [0.3, 0.4) is 0 Å². The first-order valence-corrected chi connectivity index (χ1v) is 17.2. The van der Waals surface area contributed by atoms with Gasteiger partial charge in [-0.2, -0.15) is 21.0 Å². The molecule has 0 N–H and O–H groups in total. The lowest BCUT2D eigenvalue weighted by molar-refractivity contribution is -0.527. The van der Waals surface area contributed by atoms with Crippen molar-refractivity contribution in [3.8, 4) is 24.3 Å². The van der Waals surface area contributed by atoms with Gasteiger partial charge in [0.05, 0.1) is 29.2 Å². The molecule has 1 aliphatic rings. The minimum absolute atomic E-state index is 0.303. The van der Waals surface area contributed by atoms with Gasteiger partial charge < -0.3 is 9.45 Å². The van der Waals surface area contributed by atoms with E-state index in [9.17, 15) is 13.0 Å². The number of allylic oxidation sites excluding steroid dienone is 5. The zero-order chi connectivity index (χ0) is 34.2. The first-order chi connectivity index (χ1) is 22.7. The summed E-state index contributed by atoms with van der Waals surface area (Å²) in [6.07, 6.45) is 10.3. The molecule has 0 amide bonds. The van der Waals surface area contributed by atoms with Crippen molar-refractivity contribution in [1.29, 1.82) is 21.0 Å². The number of nitrogens with zero attached hydrogens (tertiary/aromatic N) is 6. The van der Waals surface area contributed by atoms with E-state index in [0.717, 1.165) is 33.7 Å². The van der Waals surface area contributed by atoms with Crippen LogP contribution in [0.2, 0.25) is 0 Å². The van der Waals surface area contributed by atoms with E-state index in [-0.39, 0.29) is 4.90 Å². The molecule has 0 heterocycles. The molecule has 3 rings (SSSR count). The van der Waals surface area contributed by atoms with Gasteiger partial charge in [-0.1, -0.05) is 24.3 Å². The summed E-state index contributed by atoms with van der Waals surface area (Å²) in [5, 5.41) is 36.3. The lowest BCUT2D eigenvalue weighted by Crippen LogP contribution is -2.26. The topological polar surface area (TPSA) is 159 Å². The van der Waals surface area contributed by atoms with Gasteiger partial charge in [0.1, 0.15) is 23.2 Å². The van der Waals surface area contributed by atoms with E-state index in [1.807, 2.05) is 50.3 Å². The molecule has 47 heavy (non-hydrogen) atoms. The fourth-order valence-corrected chi connectivity index (χ4v) is 6.49. The van der Waals surface area contributed by atoms with Crippen molar-refractivity contribution < 1.29 is 17.5 Å². The maximum absolute atomic E-state index is 12.5. The van der Waals surface area contributed by atoms with Crippen LogP contribution in [0.4, 0.5) is 5.69 Å². The Morgan fingerprint density at radius 1 is 0.809 bits per heavy atom. The SMILES string of the molecule is CC1=C/C(=C(/c2ccc(N(CCCC#N)CCCC#N)c(C)c2)c2ccccc2S(=O)(=O)[O-])C=CC1=[N+](CCCC#N)CCCC#N. The van der Waals surface area contributed by atoms with E-state index in [0.29, 0.717) is 88.7 Å². The third-order valence-corrected chi connectivity index (χ3v) is 8.84. The van der Waals surface area contributed by atoms with Crippen LogP contribution in [0.25, 0.3) is 5.57 Å². The second kappa shape index (κ2) is 18.2. The van der Waals surface area contributed by atoms with E-state index >= 15 is 0 Å². The van der Waals surface area contributed by atoms with Crippen molar-refractivity contribution in [2.45, 2.75) is 70.1 Å². The molecule has 0 saturated heterocycles. The molecule has 1 aliphatic carbocycles. The minimum Gasteiger partial charge on any atom is -0.744 e. The van der Waals surface area contributed by atoms with Crippen molar-refractivity contribution in [3.05, 3.63) is 88.5 Å². The van der Waals surface area contributed by atoms with Crippen LogP contribution in [0.5, 0.6) is 0 Å². The predicted octanol–water partition coefficient (Wildman–Crippen LogP) is 6.69. The first-order valence-electron chi connectivity index (χ1n) is 15.8. The molecule has 0 spiro atoms. The van der Waals surface area contributed by atoms with Gasteiger partial charge in [0, 0.05) is 74.5 Å². The van der Waals surface area contributed by atoms with Crippen molar-refractivity contribution in [1.82, 2.24) is 0 Å². The van der Waals surface area contributed by atoms with Gasteiger partial charge in [0.2, 0.25) is 5.71 Å². The lowest BCUT2D eigenvalue weighted by atomic mass is 9.88. The van der Waals surface area contributed by atoms with E-state index in [1.165, 1.54) is 12.1 Å². The highest BCUT2D eigenvalue weighted by atomic mass is 32.2. The molecule has 0 unspecified atom stereocenters. The first kappa shape index (κ1) is 36.5. The quantitative estimate of drug-likeness (QED) is 0.111. The van der Waals surface area contributed by atoms with E-state index < -0.39 is 10.1 Å². The van der Waals surface area contributed by atoms with Gasteiger partial charge in [0.15, 0.2) is 0 Å². The van der Waals surface area contributed by atoms with Crippen LogP contribution in [-0.2, 0) is 10.1 Å². The molecule has 10 heteroatoms. The average Bonchev–Trinajstić information content (AvgIpc) is 3.04. The summed E-state index contributed by atoms with van der Waals surface area (Å²) >= 11 is 0. The fourth-order valence-electron chi connectivity index (χ4n) is 5.80. The Labute approximate surface area is 279 Å². The third kappa shape index (κ3) is 10.2. The summed E-state index contributed by atoms with van der Waals surface area (Å²) in [5.41, 5.74) is 6.19. The highest BCUT2D eigenvalue weighted by Gasteiger charge is 2.23. The number of anilines is 1. The minimum atomic E-state index is -4.80. The van der Waals surface area contributed by atoms with E-state index in [1.54, 1.807) is 12.1 Å². The largest absolute Gasteiger partial charge is 0.744 e. The number of rotatable bonds is 16. The van der Waals surface area contributed by atoms with Gasteiger partial charge >= 0.3 is 0 Å². The lowest BCUT2D eigenvalue weighted by Gasteiger charge is -2.27. The fraction of sp³-hybridized carbons (Fsp3) is 0.378. The van der Waals surface area contributed by atoms with Crippen LogP contribution in [0, 0.1) is 52.2 Å². The van der Waals surface area contributed by atoms with Crippen molar-refractivity contribution in [2.75, 3.05) is 31.1 Å². The monoisotopic (exact) mass is 648 g/mol. The number of unbranched alkanes of at least 4 members (excludes halogenated alkanes) is 4. The van der Waals surface area contributed by atoms with Crippen LogP contribution in [0.1, 0.15) is 75.0 Å². The summed E-state index contributed by atoms with van der Waals surface area (Å²) in [7, 11) is -4.80. The van der Waals surface area contributed by atoms with Crippen molar-refractivity contribution in [3.63, 3.8) is 0 Å². The second-order valence-corrected chi connectivity index (χ2v) is 12.7. The molecule has 0 bridgehead atoms. The highest BCUT2D eigenvalue weighted by molar-refractivity contribution is 7.85. The van der Waals surface area contributed by atoms with E-state index in [4.69, 9.17) is 21.0 Å². The number of hydrogen-bond donors (Lipinski definition) is 0. The normalized spacial score (nSPS) is 13.5. The van der Waals surface area contributed by atoms with Crippen molar-refractivity contribution >= 4 is 27.1 Å². The second-order valence-electron chi connectivity index (χ2n) is 11.3. The summed E-state index contributed by atoms with van der Waals surface area (Å²) in [6.45, 7) is 6.59. The molecular formula is C37H40N6O3S. The van der Waals surface area contributed by atoms with Crippen LogP contribution in [0.15, 0.2) is 76.7 Å². The Bertz CT molecular complexity index is 1800. The van der Waals surface area contributed by atoms with Gasteiger partial charge in [-0.25, -0.2) is 13.0 Å². The van der Waals surface area contributed by atoms with Crippen LogP contribution in [-0.4, -0.2) is 49.4 Å². The van der Waals surface area contributed by atoms with Gasteiger partial charge in [-0.05, 0) is 79.3 Å². The summed E-state index contributed by atoms with van der Waals surface area (Å²) in [4.78, 5) is 1.87. The van der Waals surface area contributed by atoms with Gasteiger partial charge in [-0.3, -0.25) is 0 Å². The molecular weight excluding hydrogens is 609 g/mol. The Morgan fingerprint density at radius 3 is 1.91 bits per heavy atom. The molecule has 2 aromatic carbocycles. The Hall–Kier alpha value is -5.00. The molecule has 242 valence electrons. The van der Waals surface area contributed by atoms with Gasteiger partial charge in [-0.15, -0.1) is 0 Å². The maximum atomic E-state index is 12.5. The molecule has 0 saturated carbocycles. The molecule has 2 aromatic rings. The molecule has 0 fully saturated rings. The molecule has 0 radical (unpaired) electrons.